The first-order valence-corrected chi connectivity index (χ1v) is 5.93. The number of halogens is 1. The Hall–Kier alpha value is -1.16. The lowest BCUT2D eigenvalue weighted by atomic mass is 9.90. The van der Waals surface area contributed by atoms with Gasteiger partial charge >= 0.3 is 0 Å². The number of aromatic nitrogens is 3. The van der Waals surface area contributed by atoms with Crippen molar-refractivity contribution in [1.82, 2.24) is 14.8 Å². The van der Waals surface area contributed by atoms with E-state index in [1.54, 1.807) is 10.9 Å². The average molecular weight is 280 g/mol. The van der Waals surface area contributed by atoms with Crippen LogP contribution in [0.5, 0.6) is 0 Å². The lowest BCUT2D eigenvalue weighted by molar-refractivity contribution is 0.590. The van der Waals surface area contributed by atoms with Gasteiger partial charge < -0.3 is 0 Å². The summed E-state index contributed by atoms with van der Waals surface area (Å²) in [6, 6.07) is 3.89. The van der Waals surface area contributed by atoms with Gasteiger partial charge in [0.1, 0.15) is 0 Å². The second kappa shape index (κ2) is 4.01. The molecule has 0 aliphatic carbocycles. The van der Waals surface area contributed by atoms with Crippen LogP contribution in [0, 0.1) is 0 Å². The minimum absolute atomic E-state index is 0.119. The highest BCUT2D eigenvalue weighted by molar-refractivity contribution is 9.10. The van der Waals surface area contributed by atoms with Gasteiger partial charge in [-0.3, -0.25) is 0 Å². The van der Waals surface area contributed by atoms with E-state index in [0.29, 0.717) is 0 Å². The van der Waals surface area contributed by atoms with Gasteiger partial charge in [0.25, 0.3) is 0 Å². The van der Waals surface area contributed by atoms with Crippen molar-refractivity contribution in [3.05, 3.63) is 40.8 Å². The summed E-state index contributed by atoms with van der Waals surface area (Å²) < 4.78 is 2.77. The molecule has 0 saturated heterocycles. The van der Waals surface area contributed by atoms with Gasteiger partial charge in [0.05, 0.1) is 6.20 Å². The van der Waals surface area contributed by atoms with E-state index in [0.717, 1.165) is 10.3 Å². The fraction of sp³-hybridized carbons (Fsp3) is 0.333. The van der Waals surface area contributed by atoms with Crippen molar-refractivity contribution in [3.8, 4) is 5.82 Å². The molecule has 0 aliphatic heterocycles. The van der Waals surface area contributed by atoms with Crippen LogP contribution in [0.25, 0.3) is 5.82 Å². The molecular formula is C12H14BrN3. The van der Waals surface area contributed by atoms with Crippen molar-refractivity contribution in [3.63, 3.8) is 0 Å². The van der Waals surface area contributed by atoms with E-state index < -0.39 is 0 Å². The number of hydrogen-bond donors (Lipinski definition) is 0. The van der Waals surface area contributed by atoms with Crippen LogP contribution in [-0.4, -0.2) is 14.8 Å². The summed E-state index contributed by atoms with van der Waals surface area (Å²) in [6.07, 6.45) is 5.69. The third-order valence-electron chi connectivity index (χ3n) is 2.40. The lowest BCUT2D eigenvalue weighted by Gasteiger charge is -2.14. The Morgan fingerprint density at radius 3 is 2.44 bits per heavy atom. The SMILES string of the molecule is CC(C)(C)c1cnn(-c2ccc(Br)cn2)c1. The van der Waals surface area contributed by atoms with Crippen molar-refractivity contribution >= 4 is 15.9 Å². The van der Waals surface area contributed by atoms with Crippen molar-refractivity contribution in [2.24, 2.45) is 0 Å². The van der Waals surface area contributed by atoms with Gasteiger partial charge in [-0.15, -0.1) is 0 Å². The standard InChI is InChI=1S/C12H14BrN3/c1-12(2,3)9-6-15-16(8-9)11-5-4-10(13)7-14-11/h4-8H,1-3H3. The first-order chi connectivity index (χ1) is 7.47. The van der Waals surface area contributed by atoms with Crippen LogP contribution in [0.1, 0.15) is 26.3 Å². The second-order valence-corrected chi connectivity index (χ2v) is 5.67. The number of hydrogen-bond acceptors (Lipinski definition) is 2. The van der Waals surface area contributed by atoms with E-state index >= 15 is 0 Å². The van der Waals surface area contributed by atoms with Crippen LogP contribution in [0.3, 0.4) is 0 Å². The summed E-state index contributed by atoms with van der Waals surface area (Å²) in [5.74, 6) is 0.832. The summed E-state index contributed by atoms with van der Waals surface area (Å²) >= 11 is 3.36. The molecule has 0 aliphatic rings. The van der Waals surface area contributed by atoms with Crippen molar-refractivity contribution in [1.29, 1.82) is 0 Å². The van der Waals surface area contributed by atoms with Crippen LogP contribution >= 0.6 is 15.9 Å². The number of nitrogens with zero attached hydrogens (tertiary/aromatic N) is 3. The Labute approximate surface area is 104 Å². The fourth-order valence-electron chi connectivity index (χ4n) is 1.34. The quantitative estimate of drug-likeness (QED) is 0.802. The lowest BCUT2D eigenvalue weighted by Crippen LogP contribution is -2.09. The van der Waals surface area contributed by atoms with Crippen molar-refractivity contribution in [2.75, 3.05) is 0 Å². The first-order valence-electron chi connectivity index (χ1n) is 5.14. The van der Waals surface area contributed by atoms with E-state index in [1.807, 2.05) is 24.5 Å². The molecule has 0 N–H and O–H groups in total. The molecular weight excluding hydrogens is 266 g/mol. The molecule has 0 fully saturated rings. The summed E-state index contributed by atoms with van der Waals surface area (Å²) in [6.45, 7) is 6.51. The predicted octanol–water partition coefficient (Wildman–Crippen LogP) is 3.33. The Morgan fingerprint density at radius 1 is 1.19 bits per heavy atom. The summed E-state index contributed by atoms with van der Waals surface area (Å²) in [4.78, 5) is 4.30. The van der Waals surface area contributed by atoms with Gasteiger partial charge in [-0.2, -0.15) is 5.10 Å². The molecule has 0 bridgehead atoms. The topological polar surface area (TPSA) is 30.7 Å². The third kappa shape index (κ3) is 2.32. The Morgan fingerprint density at radius 2 is 1.94 bits per heavy atom. The molecule has 2 aromatic rings. The molecule has 0 unspecified atom stereocenters. The van der Waals surface area contributed by atoms with Crippen LogP contribution in [0.15, 0.2) is 35.2 Å². The van der Waals surface area contributed by atoms with E-state index in [4.69, 9.17) is 0 Å². The van der Waals surface area contributed by atoms with Gasteiger partial charge in [-0.05, 0) is 39.0 Å². The highest BCUT2D eigenvalue weighted by Gasteiger charge is 2.16. The largest absolute Gasteiger partial charge is 0.236 e. The molecule has 84 valence electrons. The minimum Gasteiger partial charge on any atom is -0.236 e. The van der Waals surface area contributed by atoms with Crippen LogP contribution < -0.4 is 0 Å². The minimum atomic E-state index is 0.119. The maximum absolute atomic E-state index is 4.32. The molecule has 16 heavy (non-hydrogen) atoms. The molecule has 2 aromatic heterocycles. The maximum Gasteiger partial charge on any atom is 0.153 e. The molecule has 0 atom stereocenters. The summed E-state index contributed by atoms with van der Waals surface area (Å²) in [7, 11) is 0. The Bertz CT molecular complexity index is 480. The molecule has 0 spiro atoms. The third-order valence-corrected chi connectivity index (χ3v) is 2.86. The van der Waals surface area contributed by atoms with E-state index in [-0.39, 0.29) is 5.41 Å². The normalized spacial score (nSPS) is 11.8. The molecule has 0 saturated carbocycles. The summed E-state index contributed by atoms with van der Waals surface area (Å²) in [5.41, 5.74) is 1.32. The zero-order chi connectivity index (χ0) is 11.8. The molecule has 2 heterocycles. The van der Waals surface area contributed by atoms with Gasteiger partial charge in [0.2, 0.25) is 0 Å². The van der Waals surface area contributed by atoms with Gasteiger partial charge in [-0.1, -0.05) is 20.8 Å². The van der Waals surface area contributed by atoms with Crippen molar-refractivity contribution < 1.29 is 0 Å². The maximum atomic E-state index is 4.32. The average Bonchev–Trinajstić information content (AvgIpc) is 2.67. The van der Waals surface area contributed by atoms with Gasteiger partial charge in [0, 0.05) is 16.9 Å². The number of pyridine rings is 1. The molecule has 3 nitrogen and oxygen atoms in total. The van der Waals surface area contributed by atoms with Crippen molar-refractivity contribution in [2.45, 2.75) is 26.2 Å². The van der Waals surface area contributed by atoms with Crippen LogP contribution in [0.2, 0.25) is 0 Å². The molecule has 0 aromatic carbocycles. The summed E-state index contributed by atoms with van der Waals surface area (Å²) in [5, 5.41) is 4.32. The molecule has 0 amide bonds. The van der Waals surface area contributed by atoms with E-state index in [9.17, 15) is 0 Å². The fourth-order valence-corrected chi connectivity index (χ4v) is 1.57. The van der Waals surface area contributed by atoms with Gasteiger partial charge in [-0.25, -0.2) is 9.67 Å². The smallest absolute Gasteiger partial charge is 0.153 e. The predicted molar refractivity (Wildman–Crippen MR) is 67.8 cm³/mol. The highest BCUT2D eigenvalue weighted by Crippen LogP contribution is 2.22. The zero-order valence-corrected chi connectivity index (χ0v) is 11.2. The zero-order valence-electron chi connectivity index (χ0n) is 9.61. The second-order valence-electron chi connectivity index (χ2n) is 4.76. The van der Waals surface area contributed by atoms with Gasteiger partial charge in [0.15, 0.2) is 5.82 Å². The Kier molecular flexibility index (Phi) is 2.84. The molecule has 4 heteroatoms. The van der Waals surface area contributed by atoms with E-state index in [2.05, 4.69) is 46.8 Å². The van der Waals surface area contributed by atoms with E-state index in [1.165, 1.54) is 5.56 Å². The Balaban J connectivity index is 2.35. The molecule has 2 rings (SSSR count). The number of rotatable bonds is 1. The monoisotopic (exact) mass is 279 g/mol. The molecule has 0 radical (unpaired) electrons. The highest BCUT2D eigenvalue weighted by atomic mass is 79.9. The van der Waals surface area contributed by atoms with Crippen LogP contribution in [0.4, 0.5) is 0 Å². The first kappa shape index (κ1) is 11.3. The van der Waals surface area contributed by atoms with Crippen LogP contribution in [-0.2, 0) is 5.41 Å².